The monoisotopic (exact) mass is 512 g/mol. The van der Waals surface area contributed by atoms with Crippen molar-refractivity contribution in [1.29, 1.82) is 0 Å². The Balaban J connectivity index is 1.20. The van der Waals surface area contributed by atoms with E-state index in [1.165, 1.54) is 22.1 Å². The molecule has 7 rings (SSSR count). The zero-order chi connectivity index (χ0) is 25.3. The van der Waals surface area contributed by atoms with Crippen LogP contribution in [0.2, 0.25) is 0 Å². The summed E-state index contributed by atoms with van der Waals surface area (Å²) < 4.78 is 0. The zero-order valence-corrected chi connectivity index (χ0v) is 21.3. The van der Waals surface area contributed by atoms with Crippen molar-refractivity contribution in [2.75, 3.05) is 0 Å². The maximum Gasteiger partial charge on any atom is 0.116 e. The van der Waals surface area contributed by atoms with Crippen LogP contribution in [0.15, 0.2) is 102 Å². The third-order valence-corrected chi connectivity index (χ3v) is 7.47. The van der Waals surface area contributed by atoms with Gasteiger partial charge in [-0.3, -0.25) is 15.1 Å². The Bertz CT molecular complexity index is 1850. The molecular weight excluding hydrogens is 488 g/mol. The first-order chi connectivity index (χ1) is 18.8. The molecule has 0 unspecified atom stereocenters. The summed E-state index contributed by atoms with van der Waals surface area (Å²) in [6, 6.07) is 25.4. The highest BCUT2D eigenvalue weighted by Crippen LogP contribution is 2.35. The smallest absolute Gasteiger partial charge is 0.116 e. The van der Waals surface area contributed by atoms with E-state index >= 15 is 0 Å². The number of nitrogens with zero attached hydrogens (tertiary/aromatic N) is 3. The lowest BCUT2D eigenvalue weighted by Gasteiger charge is -2.07. The van der Waals surface area contributed by atoms with Crippen LogP contribution in [0.25, 0.3) is 55.6 Å². The Labute approximate surface area is 223 Å². The number of aromatic amines is 2. The summed E-state index contributed by atoms with van der Waals surface area (Å²) >= 11 is 1.71. The summed E-state index contributed by atoms with van der Waals surface area (Å²) in [7, 11) is 0. The van der Waals surface area contributed by atoms with Gasteiger partial charge in [-0.25, -0.2) is 0 Å². The maximum absolute atomic E-state index is 4.70. The number of hydrogen-bond acceptors (Lipinski definition) is 5. The van der Waals surface area contributed by atoms with Crippen LogP contribution in [0.1, 0.15) is 11.1 Å². The molecule has 7 heteroatoms. The van der Waals surface area contributed by atoms with Gasteiger partial charge in [0.15, 0.2) is 0 Å². The first-order valence-corrected chi connectivity index (χ1v) is 13.4. The van der Waals surface area contributed by atoms with Crippen LogP contribution >= 0.6 is 11.3 Å². The van der Waals surface area contributed by atoms with Crippen molar-refractivity contribution < 1.29 is 0 Å². The number of benzene rings is 2. The average Bonchev–Trinajstić information content (AvgIpc) is 3.73. The Hall–Kier alpha value is -4.59. The summed E-state index contributed by atoms with van der Waals surface area (Å²) in [6.07, 6.45) is 5.62. The van der Waals surface area contributed by atoms with Crippen LogP contribution in [-0.2, 0) is 13.1 Å². The van der Waals surface area contributed by atoms with E-state index in [9.17, 15) is 0 Å². The molecular formula is C31H24N6S. The lowest BCUT2D eigenvalue weighted by molar-refractivity contribution is 0.691. The molecule has 0 aliphatic carbocycles. The van der Waals surface area contributed by atoms with Crippen molar-refractivity contribution >= 4 is 33.1 Å². The summed E-state index contributed by atoms with van der Waals surface area (Å²) in [6.45, 7) is 1.54. The van der Waals surface area contributed by atoms with Gasteiger partial charge in [-0.15, -0.1) is 0 Å². The zero-order valence-electron chi connectivity index (χ0n) is 20.5. The predicted octanol–water partition coefficient (Wildman–Crippen LogP) is 7.19. The van der Waals surface area contributed by atoms with Crippen molar-refractivity contribution in [2.45, 2.75) is 13.1 Å². The van der Waals surface area contributed by atoms with Gasteiger partial charge in [0.2, 0.25) is 0 Å². The normalized spacial score (nSPS) is 11.5. The number of nitrogens with one attached hydrogen (secondary N) is 3. The number of H-pyrrole nitrogens is 2. The first-order valence-electron chi connectivity index (χ1n) is 12.5. The molecule has 184 valence electrons. The summed E-state index contributed by atoms with van der Waals surface area (Å²) in [5.74, 6) is 0. The van der Waals surface area contributed by atoms with Crippen LogP contribution in [0.5, 0.6) is 0 Å². The van der Waals surface area contributed by atoms with Gasteiger partial charge in [-0.05, 0) is 63.3 Å². The molecule has 7 aromatic rings. The van der Waals surface area contributed by atoms with Crippen LogP contribution in [0.3, 0.4) is 0 Å². The molecule has 38 heavy (non-hydrogen) atoms. The largest absolute Gasteiger partial charge is 0.353 e. The molecule has 5 aromatic heterocycles. The minimum Gasteiger partial charge on any atom is -0.353 e. The lowest BCUT2D eigenvalue weighted by Crippen LogP contribution is -2.12. The van der Waals surface area contributed by atoms with E-state index in [0.29, 0.717) is 0 Å². The SMILES string of the molecule is c1ccc(CNCc2cncc(-c3cc4c(-c5cc6c(-c7ccsc7)cccc6[nH]5)n[nH]c4cn3)c2)cc1. The fourth-order valence-corrected chi connectivity index (χ4v) is 5.56. The number of fused-ring (bicyclic) bond motifs is 2. The third-order valence-electron chi connectivity index (χ3n) is 6.79. The molecule has 0 saturated carbocycles. The number of thiophene rings is 1. The average molecular weight is 513 g/mol. The first kappa shape index (κ1) is 22.6. The Morgan fingerprint density at radius 2 is 1.68 bits per heavy atom. The molecule has 5 heterocycles. The fraction of sp³-hybridized carbons (Fsp3) is 0.0645. The van der Waals surface area contributed by atoms with Gasteiger partial charge in [0.1, 0.15) is 5.69 Å². The molecule has 0 aliphatic rings. The predicted molar refractivity (Wildman–Crippen MR) is 155 cm³/mol. The molecule has 2 aromatic carbocycles. The molecule has 0 radical (unpaired) electrons. The van der Waals surface area contributed by atoms with Crippen molar-refractivity contribution in [3.8, 4) is 33.8 Å². The number of hydrogen-bond donors (Lipinski definition) is 3. The molecule has 0 bridgehead atoms. The summed E-state index contributed by atoms with van der Waals surface area (Å²) in [5.41, 5.74) is 10.5. The van der Waals surface area contributed by atoms with Crippen LogP contribution in [0.4, 0.5) is 0 Å². The van der Waals surface area contributed by atoms with Gasteiger partial charge >= 0.3 is 0 Å². The Morgan fingerprint density at radius 1 is 0.763 bits per heavy atom. The standard InChI is InChI=1S/C31H24N6S/c1-2-5-20(6-3-1)14-32-15-21-11-23(17-33-16-21)28-13-26-30(18-34-28)36-37-31(26)29-12-25-24(22-9-10-38-19-22)7-4-8-27(25)35-29/h1-13,16-19,32,35H,14-15H2,(H,36,37). The number of pyridine rings is 2. The van der Waals surface area contributed by atoms with Crippen molar-refractivity contribution in [2.24, 2.45) is 0 Å². The van der Waals surface area contributed by atoms with Crippen LogP contribution in [0, 0.1) is 0 Å². The topological polar surface area (TPSA) is 82.3 Å². The third kappa shape index (κ3) is 4.28. The maximum atomic E-state index is 4.70. The Kier molecular flexibility index (Phi) is 5.77. The minimum absolute atomic E-state index is 0.733. The second-order valence-electron chi connectivity index (χ2n) is 9.32. The Morgan fingerprint density at radius 3 is 2.58 bits per heavy atom. The highest BCUT2D eigenvalue weighted by atomic mass is 32.1. The van der Waals surface area contributed by atoms with E-state index in [-0.39, 0.29) is 0 Å². The van der Waals surface area contributed by atoms with Gasteiger partial charge in [-0.1, -0.05) is 42.5 Å². The molecule has 0 amide bonds. The van der Waals surface area contributed by atoms with Gasteiger partial charge in [0.25, 0.3) is 0 Å². The fourth-order valence-electron chi connectivity index (χ4n) is 4.90. The molecule has 3 N–H and O–H groups in total. The van der Waals surface area contributed by atoms with Crippen molar-refractivity contribution in [3.05, 3.63) is 113 Å². The van der Waals surface area contributed by atoms with E-state index in [2.05, 4.69) is 103 Å². The van der Waals surface area contributed by atoms with Gasteiger partial charge in [-0.2, -0.15) is 16.4 Å². The summed E-state index contributed by atoms with van der Waals surface area (Å²) in [5, 5.41) is 17.8. The van der Waals surface area contributed by atoms with Crippen LogP contribution in [-0.4, -0.2) is 25.1 Å². The van der Waals surface area contributed by atoms with Gasteiger partial charge in [0, 0.05) is 47.3 Å². The van der Waals surface area contributed by atoms with Gasteiger partial charge in [0.05, 0.1) is 23.1 Å². The second kappa shape index (κ2) is 9.70. The molecule has 0 aliphatic heterocycles. The van der Waals surface area contributed by atoms with Gasteiger partial charge < -0.3 is 10.3 Å². The second-order valence-corrected chi connectivity index (χ2v) is 10.1. The van der Waals surface area contributed by atoms with E-state index in [0.717, 1.165) is 57.7 Å². The van der Waals surface area contributed by atoms with E-state index in [1.807, 2.05) is 24.7 Å². The highest BCUT2D eigenvalue weighted by molar-refractivity contribution is 7.08. The van der Waals surface area contributed by atoms with E-state index in [4.69, 9.17) is 4.98 Å². The molecule has 6 nitrogen and oxygen atoms in total. The molecule has 0 atom stereocenters. The van der Waals surface area contributed by atoms with Crippen molar-refractivity contribution in [1.82, 2.24) is 30.5 Å². The quantitative estimate of drug-likeness (QED) is 0.211. The molecule has 0 spiro atoms. The minimum atomic E-state index is 0.733. The highest BCUT2D eigenvalue weighted by Gasteiger charge is 2.15. The number of rotatable bonds is 7. The lowest BCUT2D eigenvalue weighted by atomic mass is 10.0. The van der Waals surface area contributed by atoms with Crippen LogP contribution < -0.4 is 5.32 Å². The molecule has 0 fully saturated rings. The number of aromatic nitrogens is 5. The van der Waals surface area contributed by atoms with E-state index < -0.39 is 0 Å². The van der Waals surface area contributed by atoms with Crippen molar-refractivity contribution in [3.63, 3.8) is 0 Å². The molecule has 0 saturated heterocycles. The summed E-state index contributed by atoms with van der Waals surface area (Å²) in [4.78, 5) is 12.8. The van der Waals surface area contributed by atoms with E-state index in [1.54, 1.807) is 11.3 Å².